The van der Waals surface area contributed by atoms with E-state index in [0.717, 1.165) is 50.5 Å². The van der Waals surface area contributed by atoms with Crippen LogP contribution in [0.3, 0.4) is 0 Å². The topological polar surface area (TPSA) is 45.4 Å². The summed E-state index contributed by atoms with van der Waals surface area (Å²) in [5.41, 5.74) is 8.22. The molecule has 3 rings (SSSR count). The second-order valence-corrected chi connectivity index (χ2v) is 6.16. The molecule has 2 aromatic rings. The van der Waals surface area contributed by atoms with E-state index in [1.807, 2.05) is 0 Å². The maximum Gasteiger partial charge on any atom is 0.129 e. The number of fused-ring (bicyclic) bond motifs is 1. The number of anilines is 1. The number of nitrogens with zero attached hydrogens (tertiary/aromatic N) is 3. The van der Waals surface area contributed by atoms with Crippen LogP contribution in [0.2, 0.25) is 0 Å². The average Bonchev–Trinajstić information content (AvgIpc) is 2.60. The van der Waals surface area contributed by atoms with Crippen molar-refractivity contribution in [3.05, 3.63) is 35.9 Å². The van der Waals surface area contributed by atoms with Crippen molar-refractivity contribution >= 4 is 16.7 Å². The summed E-state index contributed by atoms with van der Waals surface area (Å²) in [7, 11) is 0. The molecule has 1 aliphatic rings. The first-order valence-electron chi connectivity index (χ1n) is 8.30. The lowest BCUT2D eigenvalue weighted by Crippen LogP contribution is -2.51. The first-order chi connectivity index (χ1) is 10.7. The maximum atomic E-state index is 5.77. The summed E-state index contributed by atoms with van der Waals surface area (Å²) in [4.78, 5) is 9.69. The molecule has 1 unspecified atom stereocenters. The summed E-state index contributed by atoms with van der Waals surface area (Å²) in [6.45, 7) is 9.29. The minimum absolute atomic E-state index is 0.471. The fourth-order valence-corrected chi connectivity index (χ4v) is 3.10. The fraction of sp³-hybridized carbons (Fsp3) is 0.500. The van der Waals surface area contributed by atoms with E-state index < -0.39 is 0 Å². The van der Waals surface area contributed by atoms with Gasteiger partial charge in [-0.2, -0.15) is 0 Å². The molecule has 0 aliphatic carbocycles. The molecule has 0 bridgehead atoms. The Hall–Kier alpha value is -1.65. The smallest absolute Gasteiger partial charge is 0.129 e. The van der Waals surface area contributed by atoms with Gasteiger partial charge in [0.15, 0.2) is 0 Å². The van der Waals surface area contributed by atoms with E-state index in [9.17, 15) is 0 Å². The van der Waals surface area contributed by atoms with Crippen LogP contribution in [0.25, 0.3) is 10.9 Å². The van der Waals surface area contributed by atoms with Crippen LogP contribution in [-0.4, -0.2) is 48.6 Å². The molecule has 1 atom stereocenters. The van der Waals surface area contributed by atoms with Crippen LogP contribution in [-0.2, 0) is 6.42 Å². The van der Waals surface area contributed by atoms with Crippen LogP contribution < -0.4 is 10.6 Å². The Morgan fingerprint density at radius 3 is 2.59 bits per heavy atom. The predicted molar refractivity (Wildman–Crippen MR) is 93.4 cm³/mol. The minimum atomic E-state index is 0.471. The Bertz CT molecular complexity index is 632. The molecule has 1 aliphatic heterocycles. The van der Waals surface area contributed by atoms with Gasteiger partial charge in [-0.25, -0.2) is 4.98 Å². The Morgan fingerprint density at radius 2 is 1.91 bits per heavy atom. The highest BCUT2D eigenvalue weighted by atomic mass is 15.3. The lowest BCUT2D eigenvalue weighted by molar-refractivity contribution is 0.201. The van der Waals surface area contributed by atoms with Crippen molar-refractivity contribution in [3.8, 4) is 0 Å². The van der Waals surface area contributed by atoms with Crippen LogP contribution in [0.1, 0.15) is 19.4 Å². The normalized spacial score (nSPS) is 17.9. The van der Waals surface area contributed by atoms with Crippen molar-refractivity contribution in [3.63, 3.8) is 0 Å². The molecule has 4 heteroatoms. The Labute approximate surface area is 132 Å². The standard InChI is InChI=1S/C18H26N4/c1-3-15-4-6-17-16(12-15)5-7-18(20-17)22-10-8-21(9-11-22)14(2)13-19/h4-7,12,14H,3,8-11,13,19H2,1-2H3. The Morgan fingerprint density at radius 1 is 1.14 bits per heavy atom. The number of aromatic nitrogens is 1. The number of pyridine rings is 1. The molecule has 118 valence electrons. The molecule has 0 amide bonds. The van der Waals surface area contributed by atoms with Gasteiger partial charge in [-0.3, -0.25) is 4.90 Å². The minimum Gasteiger partial charge on any atom is -0.354 e. The summed E-state index contributed by atoms with van der Waals surface area (Å²) in [6.07, 6.45) is 1.07. The van der Waals surface area contributed by atoms with Gasteiger partial charge in [-0.15, -0.1) is 0 Å². The highest BCUT2D eigenvalue weighted by molar-refractivity contribution is 5.81. The number of hydrogen-bond donors (Lipinski definition) is 1. The summed E-state index contributed by atoms with van der Waals surface area (Å²) >= 11 is 0. The first-order valence-corrected chi connectivity index (χ1v) is 8.30. The van der Waals surface area contributed by atoms with Crippen LogP contribution in [0.5, 0.6) is 0 Å². The molecule has 4 nitrogen and oxygen atoms in total. The second-order valence-electron chi connectivity index (χ2n) is 6.16. The van der Waals surface area contributed by atoms with Crippen LogP contribution in [0.4, 0.5) is 5.82 Å². The van der Waals surface area contributed by atoms with Gasteiger partial charge in [0.2, 0.25) is 0 Å². The van der Waals surface area contributed by atoms with E-state index in [0.29, 0.717) is 6.04 Å². The zero-order valence-electron chi connectivity index (χ0n) is 13.6. The quantitative estimate of drug-likeness (QED) is 0.940. The molecule has 2 heterocycles. The third kappa shape index (κ3) is 3.08. The molecule has 0 radical (unpaired) electrons. The molecule has 1 aromatic heterocycles. The zero-order chi connectivity index (χ0) is 15.5. The highest BCUT2D eigenvalue weighted by Crippen LogP contribution is 2.21. The number of piperazine rings is 1. The van der Waals surface area contributed by atoms with Gasteiger partial charge in [0.1, 0.15) is 5.82 Å². The van der Waals surface area contributed by atoms with E-state index in [1.54, 1.807) is 0 Å². The van der Waals surface area contributed by atoms with E-state index in [4.69, 9.17) is 10.7 Å². The van der Waals surface area contributed by atoms with Crippen LogP contribution in [0.15, 0.2) is 30.3 Å². The highest BCUT2D eigenvalue weighted by Gasteiger charge is 2.21. The molecule has 22 heavy (non-hydrogen) atoms. The van der Waals surface area contributed by atoms with Crippen molar-refractivity contribution in [2.75, 3.05) is 37.6 Å². The lowest BCUT2D eigenvalue weighted by atomic mass is 10.1. The summed E-state index contributed by atoms with van der Waals surface area (Å²) in [5.74, 6) is 1.09. The van der Waals surface area contributed by atoms with Gasteiger partial charge >= 0.3 is 0 Å². The molecular weight excluding hydrogens is 272 g/mol. The van der Waals surface area contributed by atoms with Crippen molar-refractivity contribution in [1.29, 1.82) is 0 Å². The molecule has 1 aromatic carbocycles. The summed E-state index contributed by atoms with van der Waals surface area (Å²) in [6, 6.07) is 11.4. The fourth-order valence-electron chi connectivity index (χ4n) is 3.10. The molecular formula is C18H26N4. The predicted octanol–water partition coefficient (Wildman–Crippen LogP) is 2.27. The van der Waals surface area contributed by atoms with Crippen LogP contribution >= 0.6 is 0 Å². The van der Waals surface area contributed by atoms with E-state index >= 15 is 0 Å². The third-order valence-electron chi connectivity index (χ3n) is 4.75. The first kappa shape index (κ1) is 15.3. The Balaban J connectivity index is 1.74. The number of benzene rings is 1. The van der Waals surface area contributed by atoms with Gasteiger partial charge < -0.3 is 10.6 Å². The Kier molecular flexibility index (Phi) is 4.60. The van der Waals surface area contributed by atoms with Gasteiger partial charge in [0.05, 0.1) is 5.52 Å². The van der Waals surface area contributed by atoms with Crippen molar-refractivity contribution in [1.82, 2.24) is 9.88 Å². The zero-order valence-corrected chi connectivity index (χ0v) is 13.6. The monoisotopic (exact) mass is 298 g/mol. The summed E-state index contributed by atoms with van der Waals surface area (Å²) in [5, 5.41) is 1.23. The molecule has 1 saturated heterocycles. The van der Waals surface area contributed by atoms with E-state index in [1.165, 1.54) is 10.9 Å². The van der Waals surface area contributed by atoms with Crippen molar-refractivity contribution in [2.45, 2.75) is 26.3 Å². The molecule has 1 fully saturated rings. The van der Waals surface area contributed by atoms with Crippen LogP contribution in [0, 0.1) is 0 Å². The molecule has 0 saturated carbocycles. The van der Waals surface area contributed by atoms with Crippen molar-refractivity contribution in [2.24, 2.45) is 5.73 Å². The molecule has 0 spiro atoms. The third-order valence-corrected chi connectivity index (χ3v) is 4.75. The number of hydrogen-bond acceptors (Lipinski definition) is 4. The second kappa shape index (κ2) is 6.63. The average molecular weight is 298 g/mol. The molecule has 2 N–H and O–H groups in total. The lowest BCUT2D eigenvalue weighted by Gasteiger charge is -2.38. The van der Waals surface area contributed by atoms with Gasteiger partial charge in [0, 0.05) is 44.2 Å². The van der Waals surface area contributed by atoms with Crippen molar-refractivity contribution < 1.29 is 0 Å². The SMILES string of the molecule is CCc1ccc2nc(N3CCN(C(C)CN)CC3)ccc2c1. The van der Waals surface area contributed by atoms with E-state index in [-0.39, 0.29) is 0 Å². The summed E-state index contributed by atoms with van der Waals surface area (Å²) < 4.78 is 0. The number of nitrogens with two attached hydrogens (primary N) is 1. The van der Waals surface area contributed by atoms with Gasteiger partial charge in [0.25, 0.3) is 0 Å². The van der Waals surface area contributed by atoms with Gasteiger partial charge in [-0.1, -0.05) is 13.0 Å². The number of aryl methyl sites for hydroxylation is 1. The largest absolute Gasteiger partial charge is 0.354 e. The maximum absolute atomic E-state index is 5.77. The number of rotatable bonds is 4. The van der Waals surface area contributed by atoms with E-state index in [2.05, 4.69) is 54.0 Å². The van der Waals surface area contributed by atoms with Gasteiger partial charge in [-0.05, 0) is 43.2 Å².